The summed E-state index contributed by atoms with van der Waals surface area (Å²) in [6.07, 6.45) is -2.54. The quantitative estimate of drug-likeness (QED) is 0.858. The number of benzene rings is 1. The summed E-state index contributed by atoms with van der Waals surface area (Å²) in [5.41, 5.74) is 6.89. The molecule has 2 heterocycles. The van der Waals surface area contributed by atoms with Gasteiger partial charge in [0.2, 0.25) is 5.82 Å². The molecule has 0 radical (unpaired) electrons. The molecule has 1 aromatic carbocycles. The van der Waals surface area contributed by atoms with E-state index in [2.05, 4.69) is 4.98 Å². The summed E-state index contributed by atoms with van der Waals surface area (Å²) in [4.78, 5) is 3.76. The number of thioether (sulfide) groups is 1. The maximum Gasteiger partial charge on any atom is 0.449 e. The Balaban J connectivity index is 2.04. The van der Waals surface area contributed by atoms with Crippen LogP contribution >= 0.6 is 11.8 Å². The Labute approximate surface area is 124 Å². The topological polar surface area (TPSA) is 43.8 Å². The zero-order valence-electron chi connectivity index (χ0n) is 11.4. The van der Waals surface area contributed by atoms with Gasteiger partial charge in [-0.15, -0.1) is 0 Å². The van der Waals surface area contributed by atoms with E-state index in [0.29, 0.717) is 23.3 Å². The zero-order chi connectivity index (χ0) is 15.0. The molecule has 0 bridgehead atoms. The average Bonchev–Trinajstić information content (AvgIpc) is 2.78. The summed E-state index contributed by atoms with van der Waals surface area (Å²) in [6, 6.07) is 4.75. The van der Waals surface area contributed by atoms with Crippen LogP contribution in [0.1, 0.15) is 18.7 Å². The summed E-state index contributed by atoms with van der Waals surface area (Å²) in [6.45, 7) is 0.371. The summed E-state index contributed by atoms with van der Waals surface area (Å²) < 4.78 is 41.0. The van der Waals surface area contributed by atoms with Crippen molar-refractivity contribution in [2.45, 2.75) is 25.6 Å². The lowest BCUT2D eigenvalue weighted by atomic mass is 10.0. The van der Waals surface area contributed by atoms with Gasteiger partial charge >= 0.3 is 6.18 Å². The van der Waals surface area contributed by atoms with Crippen molar-refractivity contribution in [2.75, 3.05) is 17.2 Å². The van der Waals surface area contributed by atoms with Crippen LogP contribution in [0.15, 0.2) is 18.2 Å². The minimum absolute atomic E-state index is 0.280. The number of nitrogens with two attached hydrogens (primary N) is 1. The second kappa shape index (κ2) is 5.44. The molecule has 0 unspecified atom stereocenters. The molecule has 0 aliphatic carbocycles. The number of rotatable bonds is 2. The summed E-state index contributed by atoms with van der Waals surface area (Å²) >= 11 is 1.86. The van der Waals surface area contributed by atoms with Gasteiger partial charge in [-0.3, -0.25) is 0 Å². The van der Waals surface area contributed by atoms with Crippen LogP contribution in [0.25, 0.3) is 11.0 Å². The van der Waals surface area contributed by atoms with Crippen LogP contribution < -0.4 is 5.73 Å². The molecule has 3 nitrogen and oxygen atoms in total. The van der Waals surface area contributed by atoms with E-state index in [-0.39, 0.29) is 5.92 Å². The predicted octanol–water partition coefficient (Wildman–Crippen LogP) is 3.78. The molecule has 1 aliphatic rings. The van der Waals surface area contributed by atoms with Crippen molar-refractivity contribution in [1.29, 1.82) is 0 Å². The predicted molar refractivity (Wildman–Crippen MR) is 79.2 cm³/mol. The molecule has 0 spiro atoms. The van der Waals surface area contributed by atoms with Gasteiger partial charge in [-0.1, -0.05) is 0 Å². The monoisotopic (exact) mass is 315 g/mol. The minimum atomic E-state index is -4.45. The molecular formula is C14H16F3N3S. The highest BCUT2D eigenvalue weighted by molar-refractivity contribution is 7.99. The van der Waals surface area contributed by atoms with Crippen molar-refractivity contribution >= 4 is 28.5 Å². The highest BCUT2D eigenvalue weighted by atomic mass is 32.2. The Morgan fingerprint density at radius 1 is 1.29 bits per heavy atom. The van der Waals surface area contributed by atoms with Crippen LogP contribution in [-0.2, 0) is 12.7 Å². The molecule has 0 atom stereocenters. The third kappa shape index (κ3) is 2.97. The fraction of sp³-hybridized carbons (Fsp3) is 0.500. The maximum atomic E-state index is 13.2. The van der Waals surface area contributed by atoms with Gasteiger partial charge in [-0.05, 0) is 48.5 Å². The third-order valence-electron chi connectivity index (χ3n) is 3.81. The Kier molecular flexibility index (Phi) is 3.77. The van der Waals surface area contributed by atoms with E-state index in [1.165, 1.54) is 10.6 Å². The van der Waals surface area contributed by atoms with Crippen LogP contribution in [0.2, 0.25) is 0 Å². The van der Waals surface area contributed by atoms with Crippen molar-refractivity contribution in [3.63, 3.8) is 0 Å². The molecule has 2 N–H and O–H groups in total. The minimum Gasteiger partial charge on any atom is -0.399 e. The van der Waals surface area contributed by atoms with E-state index in [9.17, 15) is 13.2 Å². The van der Waals surface area contributed by atoms with Crippen molar-refractivity contribution in [3.8, 4) is 0 Å². The molecule has 1 fully saturated rings. The van der Waals surface area contributed by atoms with E-state index in [1.807, 2.05) is 11.8 Å². The highest BCUT2D eigenvalue weighted by Gasteiger charge is 2.38. The average molecular weight is 315 g/mol. The Morgan fingerprint density at radius 3 is 2.67 bits per heavy atom. The van der Waals surface area contributed by atoms with Crippen molar-refractivity contribution < 1.29 is 13.2 Å². The zero-order valence-corrected chi connectivity index (χ0v) is 12.2. The maximum absolute atomic E-state index is 13.2. The normalized spacial score (nSPS) is 17.5. The van der Waals surface area contributed by atoms with E-state index >= 15 is 0 Å². The first-order valence-electron chi connectivity index (χ1n) is 6.86. The van der Waals surface area contributed by atoms with Gasteiger partial charge in [0.1, 0.15) is 0 Å². The standard InChI is InChI=1S/C14H16F3N3S/c15-14(16,17)13-19-11-7-10(18)1-2-12(11)20(13)8-9-3-5-21-6-4-9/h1-2,7,9H,3-6,8,18H2. The highest BCUT2D eigenvalue weighted by Crippen LogP contribution is 2.34. The number of fused-ring (bicyclic) bond motifs is 1. The summed E-state index contributed by atoms with van der Waals surface area (Å²) in [5.74, 6) is 1.50. The Bertz CT molecular complexity index is 645. The number of nitrogen functional groups attached to an aromatic ring is 1. The lowest BCUT2D eigenvalue weighted by Crippen LogP contribution is -2.21. The number of halogens is 3. The van der Waals surface area contributed by atoms with Crippen molar-refractivity contribution in [1.82, 2.24) is 9.55 Å². The van der Waals surface area contributed by atoms with E-state index in [0.717, 1.165) is 24.3 Å². The largest absolute Gasteiger partial charge is 0.449 e. The SMILES string of the molecule is Nc1ccc2c(c1)nc(C(F)(F)F)n2CC1CCSCC1. The second-order valence-electron chi connectivity index (χ2n) is 5.35. The van der Waals surface area contributed by atoms with Crippen LogP contribution in [0.4, 0.5) is 18.9 Å². The van der Waals surface area contributed by atoms with E-state index < -0.39 is 12.0 Å². The van der Waals surface area contributed by atoms with Crippen molar-refractivity contribution in [2.24, 2.45) is 5.92 Å². The number of hydrogen-bond acceptors (Lipinski definition) is 3. The Hall–Kier alpha value is -1.37. The molecule has 114 valence electrons. The lowest BCUT2D eigenvalue weighted by molar-refractivity contribution is -0.147. The lowest BCUT2D eigenvalue weighted by Gasteiger charge is -2.23. The number of alkyl halides is 3. The van der Waals surface area contributed by atoms with Crippen LogP contribution in [0, 0.1) is 5.92 Å². The van der Waals surface area contributed by atoms with Crippen LogP contribution in [-0.4, -0.2) is 21.1 Å². The van der Waals surface area contributed by atoms with Crippen LogP contribution in [0.3, 0.4) is 0 Å². The van der Waals surface area contributed by atoms with Gasteiger partial charge in [-0.25, -0.2) is 4.98 Å². The molecule has 1 aliphatic heterocycles. The van der Waals surface area contributed by atoms with Gasteiger partial charge < -0.3 is 10.3 Å². The molecule has 7 heteroatoms. The molecule has 1 aromatic heterocycles. The molecule has 2 aromatic rings. The van der Waals surface area contributed by atoms with Gasteiger partial charge in [0, 0.05) is 12.2 Å². The summed E-state index contributed by atoms with van der Waals surface area (Å²) in [5, 5.41) is 0. The smallest absolute Gasteiger partial charge is 0.399 e. The number of imidazole rings is 1. The summed E-state index contributed by atoms with van der Waals surface area (Å²) in [7, 11) is 0. The third-order valence-corrected chi connectivity index (χ3v) is 4.86. The first kappa shape index (κ1) is 14.6. The molecule has 21 heavy (non-hydrogen) atoms. The number of anilines is 1. The molecule has 0 amide bonds. The Morgan fingerprint density at radius 2 is 2.00 bits per heavy atom. The molecular weight excluding hydrogens is 299 g/mol. The number of nitrogens with zero attached hydrogens (tertiary/aromatic N) is 2. The first-order valence-corrected chi connectivity index (χ1v) is 8.01. The van der Waals surface area contributed by atoms with E-state index in [1.54, 1.807) is 12.1 Å². The first-order chi connectivity index (χ1) is 9.95. The molecule has 1 saturated heterocycles. The number of hydrogen-bond donors (Lipinski definition) is 1. The fourth-order valence-electron chi connectivity index (χ4n) is 2.74. The van der Waals surface area contributed by atoms with Gasteiger partial charge in [0.25, 0.3) is 0 Å². The fourth-order valence-corrected chi connectivity index (χ4v) is 3.94. The van der Waals surface area contributed by atoms with Crippen LogP contribution in [0.5, 0.6) is 0 Å². The van der Waals surface area contributed by atoms with Gasteiger partial charge in [0.05, 0.1) is 11.0 Å². The molecule has 3 rings (SSSR count). The van der Waals surface area contributed by atoms with Gasteiger partial charge in [-0.2, -0.15) is 24.9 Å². The van der Waals surface area contributed by atoms with Crippen molar-refractivity contribution in [3.05, 3.63) is 24.0 Å². The van der Waals surface area contributed by atoms with Gasteiger partial charge in [0.15, 0.2) is 0 Å². The van der Waals surface area contributed by atoms with E-state index in [4.69, 9.17) is 5.73 Å². The number of aromatic nitrogens is 2. The molecule has 0 saturated carbocycles. The second-order valence-corrected chi connectivity index (χ2v) is 6.57.